The lowest BCUT2D eigenvalue weighted by Crippen LogP contribution is -2.04. The molecular formula is C14H13NOS3. The van der Waals surface area contributed by atoms with Gasteiger partial charge in [0.05, 0.1) is 5.25 Å². The molecule has 19 heavy (non-hydrogen) atoms. The molecule has 2 aliphatic rings. The molecule has 1 aliphatic carbocycles. The minimum atomic E-state index is 0.289. The molecule has 0 amide bonds. The maximum absolute atomic E-state index is 9.40. The SMILES string of the molecule is OC1=CC=CC(SSC2Nc3ccccc3S2)C=C1. The number of thioether (sulfide) groups is 1. The first kappa shape index (κ1) is 13.1. The molecule has 0 radical (unpaired) electrons. The van der Waals surface area contributed by atoms with Gasteiger partial charge in [0.25, 0.3) is 0 Å². The van der Waals surface area contributed by atoms with Gasteiger partial charge in [0.15, 0.2) is 0 Å². The molecule has 5 heteroatoms. The second-order valence-electron chi connectivity index (χ2n) is 4.08. The number of benzene rings is 1. The molecule has 2 atom stereocenters. The van der Waals surface area contributed by atoms with Crippen LogP contribution in [0.15, 0.2) is 65.3 Å². The van der Waals surface area contributed by atoms with Crippen LogP contribution in [0.2, 0.25) is 0 Å². The van der Waals surface area contributed by atoms with Gasteiger partial charge in [0.1, 0.15) is 10.5 Å². The van der Waals surface area contributed by atoms with Crippen molar-refractivity contribution in [2.45, 2.75) is 14.9 Å². The highest BCUT2D eigenvalue weighted by atomic mass is 33.1. The molecule has 0 saturated heterocycles. The van der Waals surface area contributed by atoms with Crippen LogP contribution < -0.4 is 5.32 Å². The Kier molecular flexibility index (Phi) is 4.15. The number of aliphatic hydroxyl groups excluding tert-OH is 1. The van der Waals surface area contributed by atoms with E-state index in [1.54, 1.807) is 22.9 Å². The van der Waals surface area contributed by atoms with Crippen LogP contribution >= 0.6 is 33.3 Å². The summed E-state index contributed by atoms with van der Waals surface area (Å²) in [6.07, 6.45) is 9.46. The summed E-state index contributed by atoms with van der Waals surface area (Å²) in [6.45, 7) is 0. The Morgan fingerprint density at radius 3 is 2.95 bits per heavy atom. The number of fused-ring (bicyclic) bond motifs is 1. The Balaban J connectivity index is 1.54. The average Bonchev–Trinajstić information content (AvgIpc) is 2.72. The number of nitrogens with one attached hydrogen (secondary N) is 1. The highest BCUT2D eigenvalue weighted by molar-refractivity contribution is 8.78. The number of hydrogen-bond acceptors (Lipinski definition) is 5. The topological polar surface area (TPSA) is 32.3 Å². The van der Waals surface area contributed by atoms with E-state index in [1.165, 1.54) is 10.6 Å². The first-order valence-corrected chi connectivity index (χ1v) is 9.07. The number of hydrogen-bond donors (Lipinski definition) is 2. The van der Waals surface area contributed by atoms with Gasteiger partial charge in [-0.15, -0.1) is 0 Å². The van der Waals surface area contributed by atoms with E-state index < -0.39 is 0 Å². The first-order valence-electron chi connectivity index (χ1n) is 5.91. The van der Waals surface area contributed by atoms with E-state index in [2.05, 4.69) is 35.7 Å². The zero-order valence-corrected chi connectivity index (χ0v) is 12.5. The Labute approximate surface area is 124 Å². The van der Waals surface area contributed by atoms with Crippen LogP contribution in [0.5, 0.6) is 0 Å². The maximum Gasteiger partial charge on any atom is 0.134 e. The Morgan fingerprint density at radius 1 is 1.16 bits per heavy atom. The van der Waals surface area contributed by atoms with Crippen molar-refractivity contribution in [2.75, 3.05) is 5.32 Å². The van der Waals surface area contributed by atoms with Gasteiger partial charge in [0.2, 0.25) is 0 Å². The quantitative estimate of drug-likeness (QED) is 0.783. The van der Waals surface area contributed by atoms with Crippen LogP contribution in [-0.4, -0.2) is 15.1 Å². The van der Waals surface area contributed by atoms with Crippen molar-refractivity contribution in [1.29, 1.82) is 0 Å². The van der Waals surface area contributed by atoms with Gasteiger partial charge in [-0.25, -0.2) is 0 Å². The number of para-hydroxylation sites is 1. The van der Waals surface area contributed by atoms with Crippen molar-refractivity contribution in [3.05, 3.63) is 60.4 Å². The Hall–Kier alpha value is -0.910. The molecule has 0 bridgehead atoms. The van der Waals surface area contributed by atoms with Gasteiger partial charge in [-0.1, -0.05) is 63.7 Å². The van der Waals surface area contributed by atoms with E-state index in [0.29, 0.717) is 10.5 Å². The normalized spacial score (nSPS) is 24.5. The van der Waals surface area contributed by atoms with Gasteiger partial charge in [-0.2, -0.15) is 0 Å². The molecule has 2 nitrogen and oxygen atoms in total. The zero-order valence-electron chi connectivity index (χ0n) is 10.0. The summed E-state index contributed by atoms with van der Waals surface area (Å²) in [5.41, 5.74) is 1.22. The molecule has 1 aromatic carbocycles. The predicted octanol–water partition coefficient (Wildman–Crippen LogP) is 4.81. The zero-order chi connectivity index (χ0) is 13.1. The molecule has 2 N–H and O–H groups in total. The van der Waals surface area contributed by atoms with Crippen molar-refractivity contribution < 1.29 is 5.11 Å². The molecule has 0 saturated carbocycles. The lowest BCUT2D eigenvalue weighted by Gasteiger charge is -2.11. The van der Waals surface area contributed by atoms with Gasteiger partial charge < -0.3 is 10.4 Å². The average molecular weight is 307 g/mol. The summed E-state index contributed by atoms with van der Waals surface area (Å²) in [7, 11) is 3.61. The highest BCUT2D eigenvalue weighted by Crippen LogP contribution is 2.47. The van der Waals surface area contributed by atoms with E-state index >= 15 is 0 Å². The van der Waals surface area contributed by atoms with Crippen LogP contribution in [0, 0.1) is 0 Å². The van der Waals surface area contributed by atoms with Gasteiger partial charge in [-0.3, -0.25) is 0 Å². The first-order chi connectivity index (χ1) is 9.31. The van der Waals surface area contributed by atoms with Crippen molar-refractivity contribution in [3.63, 3.8) is 0 Å². The summed E-state index contributed by atoms with van der Waals surface area (Å²) in [6, 6.07) is 8.38. The van der Waals surface area contributed by atoms with E-state index in [-0.39, 0.29) is 5.25 Å². The summed E-state index contributed by atoms with van der Waals surface area (Å²) < 4.78 is 0.342. The lowest BCUT2D eigenvalue weighted by molar-refractivity contribution is 0.433. The van der Waals surface area contributed by atoms with Gasteiger partial charge in [0, 0.05) is 10.6 Å². The fourth-order valence-corrected chi connectivity index (χ4v) is 5.74. The monoisotopic (exact) mass is 307 g/mol. The maximum atomic E-state index is 9.40. The van der Waals surface area contributed by atoms with E-state index in [1.807, 2.05) is 34.7 Å². The number of anilines is 1. The molecule has 3 rings (SSSR count). The van der Waals surface area contributed by atoms with E-state index in [0.717, 1.165) is 0 Å². The molecule has 0 fully saturated rings. The van der Waals surface area contributed by atoms with E-state index in [9.17, 15) is 5.11 Å². The molecule has 2 unspecified atom stereocenters. The van der Waals surface area contributed by atoms with Crippen molar-refractivity contribution in [1.82, 2.24) is 0 Å². The standard InChI is InChI=1S/C14H13NOS3/c16-10-4-3-5-11(9-8-10)18-19-14-15-12-6-1-2-7-13(12)17-14/h1-9,11,14-16H. The summed E-state index contributed by atoms with van der Waals surface area (Å²) in [4.78, 5) is 1.31. The largest absolute Gasteiger partial charge is 0.508 e. The van der Waals surface area contributed by atoms with Crippen molar-refractivity contribution in [2.24, 2.45) is 0 Å². The molecule has 0 aromatic heterocycles. The van der Waals surface area contributed by atoms with Crippen molar-refractivity contribution in [3.8, 4) is 0 Å². The van der Waals surface area contributed by atoms with Gasteiger partial charge >= 0.3 is 0 Å². The summed E-state index contributed by atoms with van der Waals surface area (Å²) >= 11 is 1.85. The second-order valence-corrected chi connectivity index (χ2v) is 8.08. The smallest absolute Gasteiger partial charge is 0.134 e. The molecule has 1 aromatic rings. The fraction of sp³-hybridized carbons (Fsp3) is 0.143. The molecule has 1 aliphatic heterocycles. The van der Waals surface area contributed by atoms with E-state index in [4.69, 9.17) is 0 Å². The Morgan fingerprint density at radius 2 is 2.05 bits per heavy atom. The third-order valence-electron chi connectivity index (χ3n) is 2.67. The van der Waals surface area contributed by atoms with Crippen molar-refractivity contribution >= 4 is 39.0 Å². The Bertz CT molecular complexity index is 528. The van der Waals surface area contributed by atoms with Crippen LogP contribution in [-0.2, 0) is 0 Å². The predicted molar refractivity (Wildman–Crippen MR) is 87.7 cm³/mol. The van der Waals surface area contributed by atoms with Crippen LogP contribution in [0.4, 0.5) is 5.69 Å². The number of rotatable bonds is 3. The minimum absolute atomic E-state index is 0.289. The summed E-state index contributed by atoms with van der Waals surface area (Å²) in [5.74, 6) is 0.310. The second kappa shape index (κ2) is 6.03. The van der Waals surface area contributed by atoms with Crippen LogP contribution in [0.3, 0.4) is 0 Å². The third kappa shape index (κ3) is 3.35. The summed E-state index contributed by atoms with van der Waals surface area (Å²) in [5, 5.41) is 13.2. The third-order valence-corrected chi connectivity index (χ3v) is 7.08. The van der Waals surface area contributed by atoms with Crippen LogP contribution in [0.25, 0.3) is 0 Å². The molecule has 0 spiro atoms. The number of allylic oxidation sites excluding steroid dienone is 3. The minimum Gasteiger partial charge on any atom is -0.508 e. The lowest BCUT2D eigenvalue weighted by atomic mass is 10.3. The van der Waals surface area contributed by atoms with Crippen LogP contribution in [0.1, 0.15) is 0 Å². The molecule has 98 valence electrons. The molecule has 1 heterocycles. The number of aliphatic hydroxyl groups is 1. The fourth-order valence-electron chi connectivity index (χ4n) is 1.76. The highest BCUT2D eigenvalue weighted by Gasteiger charge is 2.22. The molecular weight excluding hydrogens is 294 g/mol. The van der Waals surface area contributed by atoms with Gasteiger partial charge in [-0.05, 0) is 24.3 Å².